The number of aromatic nitrogens is 1. The van der Waals surface area contributed by atoms with Gasteiger partial charge in [-0.05, 0) is 46.2 Å². The molecule has 0 saturated carbocycles. The SMILES string of the molecule is CCCCCCCCCCn1c2ccccc2c2cc(B3OC(C)(C)C(C)(C)O3)c(OC)cc21. The van der Waals surface area contributed by atoms with E-state index in [1.54, 1.807) is 7.11 Å². The number of fused-ring (bicyclic) bond motifs is 3. The first kappa shape index (κ1) is 25.1. The van der Waals surface area contributed by atoms with Crippen molar-refractivity contribution in [3.63, 3.8) is 0 Å². The van der Waals surface area contributed by atoms with E-state index in [9.17, 15) is 0 Å². The summed E-state index contributed by atoms with van der Waals surface area (Å²) < 4.78 is 21.1. The van der Waals surface area contributed by atoms with Crippen LogP contribution in [0.2, 0.25) is 0 Å². The molecule has 0 amide bonds. The fraction of sp³-hybridized carbons (Fsp3) is 0.586. The summed E-state index contributed by atoms with van der Waals surface area (Å²) in [6.45, 7) is 11.7. The van der Waals surface area contributed by atoms with E-state index < -0.39 is 7.12 Å². The Kier molecular flexibility index (Phi) is 7.64. The molecule has 0 bridgehead atoms. The molecule has 3 aromatic rings. The van der Waals surface area contributed by atoms with Crippen LogP contribution in [0.15, 0.2) is 36.4 Å². The molecule has 0 aliphatic carbocycles. The molecule has 184 valence electrons. The predicted octanol–water partition coefficient (Wildman–Crippen LogP) is 7.24. The second-order valence-electron chi connectivity index (χ2n) is 10.8. The number of unbranched alkanes of at least 4 members (excludes halogenated alkanes) is 7. The monoisotopic (exact) mass is 463 g/mol. The summed E-state index contributed by atoms with van der Waals surface area (Å²) in [5.41, 5.74) is 2.70. The molecule has 1 aliphatic rings. The smallest absolute Gasteiger partial charge is 0.497 e. The summed E-state index contributed by atoms with van der Waals surface area (Å²) in [7, 11) is 1.29. The fourth-order valence-corrected chi connectivity index (χ4v) is 5.07. The molecule has 4 rings (SSSR count). The molecule has 1 saturated heterocycles. The Morgan fingerprint density at radius 1 is 0.794 bits per heavy atom. The van der Waals surface area contributed by atoms with Gasteiger partial charge in [-0.2, -0.15) is 0 Å². The highest BCUT2D eigenvalue weighted by atomic mass is 16.7. The van der Waals surface area contributed by atoms with Gasteiger partial charge in [0.25, 0.3) is 0 Å². The third kappa shape index (κ3) is 4.88. The highest BCUT2D eigenvalue weighted by Crippen LogP contribution is 2.38. The quantitative estimate of drug-likeness (QED) is 0.222. The topological polar surface area (TPSA) is 32.6 Å². The van der Waals surface area contributed by atoms with Crippen molar-refractivity contribution in [3.05, 3.63) is 36.4 Å². The van der Waals surface area contributed by atoms with Gasteiger partial charge in [-0.25, -0.2) is 0 Å². The summed E-state index contributed by atoms with van der Waals surface area (Å²) >= 11 is 0. The highest BCUT2D eigenvalue weighted by Gasteiger charge is 2.52. The average molecular weight is 463 g/mol. The van der Waals surface area contributed by atoms with E-state index in [-0.39, 0.29) is 11.2 Å². The van der Waals surface area contributed by atoms with Gasteiger partial charge in [-0.15, -0.1) is 0 Å². The van der Waals surface area contributed by atoms with Gasteiger partial charge >= 0.3 is 7.12 Å². The van der Waals surface area contributed by atoms with Crippen LogP contribution in [0.5, 0.6) is 5.75 Å². The van der Waals surface area contributed by atoms with E-state index >= 15 is 0 Å². The van der Waals surface area contributed by atoms with Crippen LogP contribution in [0.25, 0.3) is 21.8 Å². The van der Waals surface area contributed by atoms with E-state index in [4.69, 9.17) is 14.0 Å². The number of hydrogen-bond donors (Lipinski definition) is 0. The van der Waals surface area contributed by atoms with Crippen molar-refractivity contribution < 1.29 is 14.0 Å². The maximum Gasteiger partial charge on any atom is 0.498 e. The van der Waals surface area contributed by atoms with Crippen LogP contribution in [0.1, 0.15) is 86.0 Å². The zero-order valence-electron chi connectivity index (χ0n) is 22.1. The second-order valence-corrected chi connectivity index (χ2v) is 10.8. The lowest BCUT2D eigenvalue weighted by Crippen LogP contribution is -2.41. The Morgan fingerprint density at radius 2 is 1.41 bits per heavy atom. The van der Waals surface area contributed by atoms with E-state index in [2.05, 4.69) is 75.6 Å². The Morgan fingerprint density at radius 3 is 2.06 bits per heavy atom. The Hall–Kier alpha value is -1.98. The molecular weight excluding hydrogens is 421 g/mol. The van der Waals surface area contributed by atoms with Crippen molar-refractivity contribution in [3.8, 4) is 5.75 Å². The molecule has 2 heterocycles. The maximum absolute atomic E-state index is 6.38. The van der Waals surface area contributed by atoms with Gasteiger partial charge in [-0.1, -0.05) is 70.1 Å². The van der Waals surface area contributed by atoms with Crippen LogP contribution < -0.4 is 10.2 Å². The number of nitrogens with zero attached hydrogens (tertiary/aromatic N) is 1. The van der Waals surface area contributed by atoms with E-state index in [0.717, 1.165) is 17.8 Å². The van der Waals surface area contributed by atoms with Crippen molar-refractivity contribution in [2.45, 2.75) is 104 Å². The molecule has 1 aromatic heterocycles. The van der Waals surface area contributed by atoms with Crippen molar-refractivity contribution in [1.82, 2.24) is 4.57 Å². The van der Waals surface area contributed by atoms with Crippen LogP contribution in [0, 0.1) is 0 Å². The summed E-state index contributed by atoms with van der Waals surface area (Å²) in [5, 5.41) is 2.51. The predicted molar refractivity (Wildman–Crippen MR) is 144 cm³/mol. The largest absolute Gasteiger partial charge is 0.498 e. The molecule has 2 aromatic carbocycles. The van der Waals surface area contributed by atoms with Crippen LogP contribution in [0.4, 0.5) is 0 Å². The number of methoxy groups -OCH3 is 1. The van der Waals surface area contributed by atoms with Gasteiger partial charge in [0.1, 0.15) is 5.75 Å². The summed E-state index contributed by atoms with van der Waals surface area (Å²) in [6, 6.07) is 13.1. The first-order valence-corrected chi connectivity index (χ1v) is 13.2. The minimum Gasteiger partial charge on any atom is -0.497 e. The summed E-state index contributed by atoms with van der Waals surface area (Å²) in [6.07, 6.45) is 10.6. The molecule has 5 heteroatoms. The standard InChI is InChI=1S/C29H42BNO3/c1-7-8-9-10-11-12-13-16-19-31-25-18-15-14-17-22(25)23-20-24(27(32-6)21-26(23)31)30-33-28(2,3)29(4,5)34-30/h14-15,17-18,20-21H,7-13,16,19H2,1-6H3. The number of hydrogen-bond acceptors (Lipinski definition) is 3. The number of aryl methyl sites for hydroxylation is 1. The van der Waals surface area contributed by atoms with Crippen LogP contribution in [0.3, 0.4) is 0 Å². The van der Waals surface area contributed by atoms with Gasteiger partial charge in [-0.3, -0.25) is 0 Å². The maximum atomic E-state index is 6.38. The normalized spacial score (nSPS) is 17.2. The molecule has 0 N–H and O–H groups in total. The van der Waals surface area contributed by atoms with Gasteiger partial charge < -0.3 is 18.6 Å². The lowest BCUT2D eigenvalue weighted by Gasteiger charge is -2.32. The van der Waals surface area contributed by atoms with Crippen LogP contribution in [-0.4, -0.2) is 30.0 Å². The summed E-state index contributed by atoms with van der Waals surface area (Å²) in [5.74, 6) is 0.825. The van der Waals surface area contributed by atoms with E-state index in [1.165, 1.54) is 73.2 Å². The van der Waals surface area contributed by atoms with Gasteiger partial charge in [0.05, 0.1) is 23.8 Å². The first-order chi connectivity index (χ1) is 16.3. The number of ether oxygens (including phenoxy) is 1. The fourth-order valence-electron chi connectivity index (χ4n) is 5.07. The molecule has 4 nitrogen and oxygen atoms in total. The lowest BCUT2D eigenvalue weighted by molar-refractivity contribution is 0.00578. The number of para-hydroxylation sites is 1. The van der Waals surface area contributed by atoms with Gasteiger partial charge in [0.2, 0.25) is 0 Å². The first-order valence-electron chi connectivity index (χ1n) is 13.2. The molecule has 0 radical (unpaired) electrons. The Labute approximate surface area is 206 Å². The molecule has 1 aliphatic heterocycles. The van der Waals surface area contributed by atoms with Crippen LogP contribution in [-0.2, 0) is 15.9 Å². The van der Waals surface area contributed by atoms with Crippen molar-refractivity contribution in [2.75, 3.05) is 7.11 Å². The molecular formula is C29H42BNO3. The van der Waals surface area contributed by atoms with Crippen molar-refractivity contribution in [2.24, 2.45) is 0 Å². The van der Waals surface area contributed by atoms with Crippen molar-refractivity contribution in [1.29, 1.82) is 0 Å². The van der Waals surface area contributed by atoms with E-state index in [0.29, 0.717) is 0 Å². The molecule has 1 fully saturated rings. The number of rotatable bonds is 11. The molecule has 0 atom stereocenters. The number of benzene rings is 2. The molecule has 0 spiro atoms. The zero-order chi connectivity index (χ0) is 24.3. The zero-order valence-corrected chi connectivity index (χ0v) is 22.1. The minimum absolute atomic E-state index is 0.387. The second kappa shape index (κ2) is 10.3. The van der Waals surface area contributed by atoms with Crippen LogP contribution >= 0.6 is 0 Å². The minimum atomic E-state index is -0.445. The third-order valence-corrected chi connectivity index (χ3v) is 7.87. The van der Waals surface area contributed by atoms with Gasteiger partial charge in [0.15, 0.2) is 0 Å². The Bertz CT molecular complexity index is 1100. The molecule has 0 unspecified atom stereocenters. The molecule has 34 heavy (non-hydrogen) atoms. The Balaban J connectivity index is 1.61. The summed E-state index contributed by atoms with van der Waals surface area (Å²) in [4.78, 5) is 0. The average Bonchev–Trinajstić information content (AvgIpc) is 3.23. The highest BCUT2D eigenvalue weighted by molar-refractivity contribution is 6.63. The van der Waals surface area contributed by atoms with Crippen molar-refractivity contribution >= 4 is 34.4 Å². The van der Waals surface area contributed by atoms with E-state index in [1.807, 2.05) is 0 Å². The lowest BCUT2D eigenvalue weighted by atomic mass is 9.77. The van der Waals surface area contributed by atoms with Gasteiger partial charge in [0, 0.05) is 34.4 Å². The third-order valence-electron chi connectivity index (χ3n) is 7.87.